The maximum atomic E-state index is 9.89. The van der Waals surface area contributed by atoms with E-state index in [1.165, 1.54) is 6.08 Å². The Hall–Kier alpha value is -0.960. The van der Waals surface area contributed by atoms with E-state index < -0.39 is 16.4 Å². The number of carbonyl (C=O) groups excluding carboxylic acids is 1. The number of likely N-dealkylation sites (N-methyl/N-ethyl adjacent to an activating group) is 1. The number of nitrogens with zero attached hydrogens (tertiary/aromatic N) is 1. The molecule has 0 heterocycles. The summed E-state index contributed by atoms with van der Waals surface area (Å²) >= 11 is 0. The lowest BCUT2D eigenvalue weighted by molar-refractivity contribution is -0.864. The van der Waals surface area contributed by atoms with Crippen LogP contribution in [0, 0.1) is 0 Å². The van der Waals surface area contributed by atoms with E-state index in [2.05, 4.69) is 10.8 Å². The molecule has 0 radical (unpaired) electrons. The minimum atomic E-state index is -4.26. The highest BCUT2D eigenvalue weighted by Gasteiger charge is 2.04. The highest BCUT2D eigenvalue weighted by atomic mass is 32.3. The van der Waals surface area contributed by atoms with Crippen molar-refractivity contribution in [2.45, 2.75) is 0 Å². The van der Waals surface area contributed by atoms with Gasteiger partial charge < -0.3 is 14.4 Å². The molecular formula is C8H17NO6S. The Morgan fingerprint density at radius 2 is 1.94 bits per heavy atom. The van der Waals surface area contributed by atoms with Gasteiger partial charge in [0.05, 0.1) is 33.7 Å². The van der Waals surface area contributed by atoms with Gasteiger partial charge in [0.1, 0.15) is 6.54 Å². The van der Waals surface area contributed by atoms with Crippen molar-refractivity contribution in [1.29, 1.82) is 0 Å². The lowest BCUT2D eigenvalue weighted by Gasteiger charge is -2.23. The summed E-state index contributed by atoms with van der Waals surface area (Å²) in [5, 5.41) is 9.89. The number of aliphatic carboxylic acids is 1. The Labute approximate surface area is 95.5 Å². The largest absolute Gasteiger partial charge is 0.544 e. The fourth-order valence-electron chi connectivity index (χ4n) is 0.521. The number of hydrogen-bond donors (Lipinski definition) is 1. The fraction of sp³-hybridized carbons (Fsp3) is 0.625. The third-order valence-electron chi connectivity index (χ3n) is 0.938. The van der Waals surface area contributed by atoms with Crippen LogP contribution >= 0.6 is 0 Å². The van der Waals surface area contributed by atoms with E-state index in [1.54, 1.807) is 21.1 Å². The van der Waals surface area contributed by atoms with Gasteiger partial charge in [0.15, 0.2) is 0 Å². The van der Waals surface area contributed by atoms with Crippen molar-refractivity contribution in [2.24, 2.45) is 0 Å². The van der Waals surface area contributed by atoms with Crippen LogP contribution in [0.15, 0.2) is 12.7 Å². The number of carbonyl (C=O) groups is 1. The number of carboxylic acid groups (broad SMARTS) is 1. The third kappa shape index (κ3) is 23.1. The minimum Gasteiger partial charge on any atom is -0.544 e. The van der Waals surface area contributed by atoms with Gasteiger partial charge >= 0.3 is 10.4 Å². The van der Waals surface area contributed by atoms with Gasteiger partial charge in [-0.1, -0.05) is 6.08 Å². The van der Waals surface area contributed by atoms with Crippen LogP contribution in [-0.4, -0.2) is 57.7 Å². The molecule has 0 aliphatic heterocycles. The topological polar surface area (TPSA) is 104 Å². The molecule has 0 amide bonds. The summed E-state index contributed by atoms with van der Waals surface area (Å²) < 4.78 is 31.4. The molecule has 0 aromatic carbocycles. The second-order valence-electron chi connectivity index (χ2n) is 3.82. The quantitative estimate of drug-likeness (QED) is 0.362. The average molecular weight is 255 g/mol. The van der Waals surface area contributed by atoms with Crippen LogP contribution < -0.4 is 5.11 Å². The van der Waals surface area contributed by atoms with E-state index in [9.17, 15) is 18.3 Å². The highest BCUT2D eigenvalue weighted by Crippen LogP contribution is 1.85. The molecule has 0 spiro atoms. The fourth-order valence-corrected chi connectivity index (χ4v) is 0.790. The predicted octanol–water partition coefficient (Wildman–Crippen LogP) is -1.57. The van der Waals surface area contributed by atoms with Crippen molar-refractivity contribution in [1.82, 2.24) is 0 Å². The first-order valence-corrected chi connectivity index (χ1v) is 5.57. The van der Waals surface area contributed by atoms with Crippen molar-refractivity contribution in [3.63, 3.8) is 0 Å². The van der Waals surface area contributed by atoms with Gasteiger partial charge in [0.2, 0.25) is 0 Å². The molecule has 0 aliphatic carbocycles. The van der Waals surface area contributed by atoms with Crippen molar-refractivity contribution in [3.8, 4) is 0 Å². The van der Waals surface area contributed by atoms with E-state index in [0.29, 0.717) is 4.48 Å². The predicted molar refractivity (Wildman–Crippen MR) is 55.6 cm³/mol. The average Bonchev–Trinajstić information content (AvgIpc) is 1.95. The molecule has 0 unspecified atom stereocenters. The maximum Gasteiger partial charge on any atom is 0.397 e. The summed E-state index contributed by atoms with van der Waals surface area (Å²) in [4.78, 5) is 9.89. The van der Waals surface area contributed by atoms with Crippen molar-refractivity contribution < 1.29 is 31.5 Å². The molecule has 0 atom stereocenters. The number of carboxylic acids is 1. The molecule has 16 heavy (non-hydrogen) atoms. The molecule has 0 saturated carbocycles. The first kappa shape index (κ1) is 17.4. The standard InChI is InChI=1S/C5H11NO2.C3H6O4S/c1-6(2,3)4-5(7)8;1-2-3-7-8(4,5)6/h4H2,1-3H3;2H,1,3H2,(H,4,5,6). The number of rotatable bonds is 5. The number of hydrogen-bond acceptors (Lipinski definition) is 5. The van der Waals surface area contributed by atoms with Gasteiger partial charge in [-0.2, -0.15) is 8.42 Å². The smallest absolute Gasteiger partial charge is 0.397 e. The normalized spacial score (nSPS) is 11.2. The summed E-state index contributed by atoms with van der Waals surface area (Å²) in [5.41, 5.74) is 0. The monoisotopic (exact) mass is 255 g/mol. The first-order valence-electron chi connectivity index (χ1n) is 4.21. The molecule has 8 heteroatoms. The Balaban J connectivity index is 0. The SMILES string of the molecule is C=CCOS(=O)(=O)O.C[N+](C)(C)CC(=O)[O-]. The van der Waals surface area contributed by atoms with E-state index in [0.717, 1.165) is 0 Å². The molecule has 1 N–H and O–H groups in total. The Bertz CT molecular complexity index is 316. The summed E-state index contributed by atoms with van der Waals surface area (Å²) in [6.45, 7) is 3.04. The molecule has 0 saturated heterocycles. The van der Waals surface area contributed by atoms with Gasteiger partial charge in [-0.3, -0.25) is 4.55 Å². The van der Waals surface area contributed by atoms with E-state index in [1.807, 2.05) is 0 Å². The third-order valence-corrected chi connectivity index (χ3v) is 1.37. The van der Waals surface area contributed by atoms with E-state index in [-0.39, 0.29) is 13.2 Å². The zero-order chi connectivity index (χ0) is 13.4. The minimum absolute atomic E-state index is 0.0694. The molecule has 0 bridgehead atoms. The van der Waals surface area contributed by atoms with Crippen LogP contribution in [0.5, 0.6) is 0 Å². The van der Waals surface area contributed by atoms with Gasteiger partial charge in [0, 0.05) is 0 Å². The summed E-state index contributed by atoms with van der Waals surface area (Å²) in [6.07, 6.45) is 1.22. The lowest BCUT2D eigenvalue weighted by Crippen LogP contribution is -2.45. The Morgan fingerprint density at radius 1 is 1.50 bits per heavy atom. The zero-order valence-corrected chi connectivity index (χ0v) is 10.4. The van der Waals surface area contributed by atoms with E-state index >= 15 is 0 Å². The van der Waals surface area contributed by atoms with Crippen LogP contribution in [-0.2, 0) is 19.4 Å². The van der Waals surface area contributed by atoms with Gasteiger partial charge in [-0.05, 0) is 0 Å². The Morgan fingerprint density at radius 3 is 2.00 bits per heavy atom. The summed E-state index contributed by atoms with van der Waals surface area (Å²) in [7, 11) is 1.15. The van der Waals surface area contributed by atoms with Gasteiger partial charge in [0.25, 0.3) is 0 Å². The molecule has 0 aromatic heterocycles. The molecule has 0 aromatic rings. The Kier molecular flexibility index (Phi) is 7.99. The van der Waals surface area contributed by atoms with Crippen LogP contribution in [0.1, 0.15) is 0 Å². The summed E-state index contributed by atoms with van der Waals surface area (Å²) in [5.74, 6) is -1.00. The lowest BCUT2D eigenvalue weighted by atomic mass is 10.5. The molecule has 0 aliphatic rings. The number of quaternary nitrogens is 1. The van der Waals surface area contributed by atoms with Crippen molar-refractivity contribution in [3.05, 3.63) is 12.7 Å². The van der Waals surface area contributed by atoms with Crippen molar-refractivity contribution >= 4 is 16.4 Å². The second-order valence-corrected chi connectivity index (χ2v) is 4.91. The van der Waals surface area contributed by atoms with E-state index in [4.69, 9.17) is 4.55 Å². The first-order chi connectivity index (χ1) is 6.98. The summed E-state index contributed by atoms with van der Waals surface area (Å²) in [6, 6.07) is 0. The molecule has 96 valence electrons. The highest BCUT2D eigenvalue weighted by molar-refractivity contribution is 7.80. The van der Waals surface area contributed by atoms with Gasteiger partial charge in [-0.25, -0.2) is 4.18 Å². The van der Waals surface area contributed by atoms with Crippen LogP contribution in [0.2, 0.25) is 0 Å². The van der Waals surface area contributed by atoms with Gasteiger partial charge in [-0.15, -0.1) is 6.58 Å². The van der Waals surface area contributed by atoms with Crippen LogP contribution in [0.3, 0.4) is 0 Å². The van der Waals surface area contributed by atoms with Crippen LogP contribution in [0.25, 0.3) is 0 Å². The zero-order valence-electron chi connectivity index (χ0n) is 9.54. The molecular weight excluding hydrogens is 238 g/mol. The second kappa shape index (κ2) is 7.34. The maximum absolute atomic E-state index is 9.89. The molecule has 0 fully saturated rings. The molecule has 7 nitrogen and oxygen atoms in total. The molecule has 0 rings (SSSR count). The van der Waals surface area contributed by atoms with Crippen LogP contribution in [0.4, 0.5) is 0 Å². The van der Waals surface area contributed by atoms with Crippen molar-refractivity contribution in [2.75, 3.05) is 34.3 Å².